The van der Waals surface area contributed by atoms with E-state index in [9.17, 15) is 22.8 Å². The van der Waals surface area contributed by atoms with E-state index >= 15 is 0 Å². The number of aliphatic carboxylic acids is 1. The largest absolute Gasteiger partial charge is 0.573 e. The number of anilines is 1. The Bertz CT molecular complexity index is 958. The Labute approximate surface area is 186 Å². The highest BCUT2D eigenvalue weighted by atomic mass is 32.1. The number of aryl methyl sites for hydroxylation is 2. The number of hydrogen-bond donors (Lipinski definition) is 2. The molecule has 0 atom stereocenters. The van der Waals surface area contributed by atoms with Gasteiger partial charge in [-0.25, -0.2) is 9.78 Å². The fourth-order valence-corrected chi connectivity index (χ4v) is 4.17. The standard InChI is InChI=1S/C20H22F3N3O5S/c1-12-16(5-6-17(27)28)32-18(24-12)25-19(29)26-9-7-13(8-10-26)30-14-3-2-4-15(11-14)31-20(21,22)23/h2-4,11,13H,5-10H2,1H3,(H,27,28)(H,24,25,29). The molecule has 1 aliphatic rings. The predicted molar refractivity (Wildman–Crippen MR) is 110 cm³/mol. The fourth-order valence-electron chi connectivity index (χ4n) is 3.22. The number of thiazole rings is 1. The fraction of sp³-hybridized carbons (Fsp3) is 0.450. The zero-order chi connectivity index (χ0) is 23.3. The number of amides is 2. The van der Waals surface area contributed by atoms with Crippen molar-refractivity contribution in [3.63, 3.8) is 0 Å². The number of carboxylic acids is 1. The number of alkyl halides is 3. The summed E-state index contributed by atoms with van der Waals surface area (Å²) in [6.07, 6.45) is -3.65. The summed E-state index contributed by atoms with van der Waals surface area (Å²) in [5.74, 6) is -0.983. The van der Waals surface area contributed by atoms with Crippen LogP contribution in [0.4, 0.5) is 23.1 Å². The molecule has 0 bridgehead atoms. The number of carbonyl (C=O) groups excluding carboxylic acids is 1. The SMILES string of the molecule is Cc1nc(NC(=O)N2CCC(Oc3cccc(OC(F)(F)F)c3)CC2)sc1CCC(=O)O. The second-order valence-corrected chi connectivity index (χ2v) is 8.26. The molecule has 2 aromatic rings. The number of nitrogens with one attached hydrogen (secondary N) is 1. The highest BCUT2D eigenvalue weighted by molar-refractivity contribution is 7.15. The van der Waals surface area contributed by atoms with Crippen LogP contribution in [0.3, 0.4) is 0 Å². The molecule has 8 nitrogen and oxygen atoms in total. The number of ether oxygens (including phenoxy) is 2. The maximum absolute atomic E-state index is 12.5. The van der Waals surface area contributed by atoms with Crippen molar-refractivity contribution in [1.82, 2.24) is 9.88 Å². The predicted octanol–water partition coefficient (Wildman–Crippen LogP) is 4.44. The van der Waals surface area contributed by atoms with Gasteiger partial charge in [0.05, 0.1) is 12.1 Å². The Morgan fingerprint density at radius 3 is 2.62 bits per heavy atom. The van der Waals surface area contributed by atoms with Crippen LogP contribution in [0.1, 0.15) is 29.8 Å². The molecule has 0 saturated carbocycles. The van der Waals surface area contributed by atoms with Gasteiger partial charge in [-0.2, -0.15) is 0 Å². The van der Waals surface area contributed by atoms with Crippen molar-refractivity contribution in [3.8, 4) is 11.5 Å². The van der Waals surface area contributed by atoms with Crippen molar-refractivity contribution in [1.29, 1.82) is 0 Å². The summed E-state index contributed by atoms with van der Waals surface area (Å²) in [4.78, 5) is 30.0. The minimum atomic E-state index is -4.77. The summed E-state index contributed by atoms with van der Waals surface area (Å²) in [5.41, 5.74) is 0.690. The number of halogens is 3. The molecule has 0 radical (unpaired) electrons. The number of hydrogen-bond acceptors (Lipinski definition) is 6. The van der Waals surface area contributed by atoms with E-state index in [0.717, 1.165) is 4.88 Å². The van der Waals surface area contributed by atoms with Crippen LogP contribution in [0.5, 0.6) is 11.5 Å². The van der Waals surface area contributed by atoms with Gasteiger partial charge in [-0.3, -0.25) is 10.1 Å². The maximum Gasteiger partial charge on any atom is 0.573 e. The highest BCUT2D eigenvalue weighted by Gasteiger charge is 2.31. The first-order valence-electron chi connectivity index (χ1n) is 9.85. The van der Waals surface area contributed by atoms with Crippen molar-refractivity contribution in [3.05, 3.63) is 34.8 Å². The van der Waals surface area contributed by atoms with Gasteiger partial charge in [-0.05, 0) is 25.5 Å². The third-order valence-corrected chi connectivity index (χ3v) is 5.88. The number of aromatic nitrogens is 1. The number of rotatable bonds is 7. The average Bonchev–Trinajstić information content (AvgIpc) is 3.05. The van der Waals surface area contributed by atoms with Crippen LogP contribution >= 0.6 is 11.3 Å². The lowest BCUT2D eigenvalue weighted by molar-refractivity contribution is -0.274. The number of carboxylic acid groups (broad SMARTS) is 1. The number of benzene rings is 1. The molecule has 1 aliphatic heterocycles. The van der Waals surface area contributed by atoms with E-state index in [1.807, 2.05) is 0 Å². The smallest absolute Gasteiger partial charge is 0.490 e. The van der Waals surface area contributed by atoms with Gasteiger partial charge in [0.1, 0.15) is 17.6 Å². The molecule has 0 unspecified atom stereocenters. The third-order valence-electron chi connectivity index (χ3n) is 4.74. The van der Waals surface area contributed by atoms with Crippen LogP contribution < -0.4 is 14.8 Å². The van der Waals surface area contributed by atoms with E-state index in [-0.39, 0.29) is 30.1 Å². The molecule has 1 aromatic heterocycles. The molecule has 2 amide bonds. The summed E-state index contributed by atoms with van der Waals surface area (Å²) in [7, 11) is 0. The zero-order valence-electron chi connectivity index (χ0n) is 17.1. The quantitative estimate of drug-likeness (QED) is 0.617. The van der Waals surface area contributed by atoms with Crippen LogP contribution in [0.2, 0.25) is 0 Å². The number of likely N-dealkylation sites (tertiary alicyclic amines) is 1. The molecule has 1 aromatic carbocycles. The molecule has 1 fully saturated rings. The van der Waals surface area contributed by atoms with Gasteiger partial charge in [-0.1, -0.05) is 6.07 Å². The first-order valence-corrected chi connectivity index (χ1v) is 10.7. The minimum absolute atomic E-state index is 0.00479. The van der Waals surface area contributed by atoms with Gasteiger partial charge in [0, 0.05) is 36.9 Å². The minimum Gasteiger partial charge on any atom is -0.490 e. The van der Waals surface area contributed by atoms with Crippen molar-refractivity contribution in [2.24, 2.45) is 0 Å². The van der Waals surface area contributed by atoms with Gasteiger partial charge >= 0.3 is 18.4 Å². The second kappa shape index (κ2) is 10.1. The lowest BCUT2D eigenvalue weighted by Gasteiger charge is -2.32. The molecule has 1 saturated heterocycles. The van der Waals surface area contributed by atoms with Gasteiger partial charge < -0.3 is 19.5 Å². The Morgan fingerprint density at radius 2 is 1.97 bits per heavy atom. The molecule has 0 spiro atoms. The Balaban J connectivity index is 1.48. The second-order valence-electron chi connectivity index (χ2n) is 7.18. The lowest BCUT2D eigenvalue weighted by atomic mass is 10.1. The summed E-state index contributed by atoms with van der Waals surface area (Å²) in [5, 5.41) is 12.0. The Kier molecular flexibility index (Phi) is 7.44. The van der Waals surface area contributed by atoms with Crippen LogP contribution in [-0.4, -0.2) is 52.5 Å². The third kappa shape index (κ3) is 7.01. The van der Waals surface area contributed by atoms with Crippen molar-refractivity contribution in [2.45, 2.75) is 45.1 Å². The molecular formula is C20H22F3N3O5S. The topological polar surface area (TPSA) is 101 Å². The van der Waals surface area contributed by atoms with Gasteiger partial charge in [-0.15, -0.1) is 24.5 Å². The lowest BCUT2D eigenvalue weighted by Crippen LogP contribution is -2.43. The van der Waals surface area contributed by atoms with E-state index in [4.69, 9.17) is 9.84 Å². The number of piperidine rings is 1. The normalized spacial score (nSPS) is 14.8. The molecule has 3 rings (SSSR count). The van der Waals surface area contributed by atoms with E-state index in [2.05, 4.69) is 15.0 Å². The highest BCUT2D eigenvalue weighted by Crippen LogP contribution is 2.28. The van der Waals surface area contributed by atoms with Crippen LogP contribution in [0.15, 0.2) is 24.3 Å². The molecule has 2 N–H and O–H groups in total. The molecular weight excluding hydrogens is 451 g/mol. The van der Waals surface area contributed by atoms with Crippen LogP contribution in [-0.2, 0) is 11.2 Å². The molecule has 174 valence electrons. The van der Waals surface area contributed by atoms with Gasteiger partial charge in [0.25, 0.3) is 0 Å². The molecule has 12 heteroatoms. The zero-order valence-corrected chi connectivity index (χ0v) is 18.0. The number of carbonyl (C=O) groups is 2. The van der Waals surface area contributed by atoms with E-state index in [0.29, 0.717) is 43.2 Å². The summed E-state index contributed by atoms with van der Waals surface area (Å²) in [6, 6.07) is 5.02. The van der Waals surface area contributed by atoms with E-state index in [1.54, 1.807) is 17.9 Å². The Morgan fingerprint density at radius 1 is 1.28 bits per heavy atom. The Hall–Kier alpha value is -3.02. The summed E-state index contributed by atoms with van der Waals surface area (Å²) in [6.45, 7) is 2.58. The monoisotopic (exact) mass is 473 g/mol. The molecule has 0 aliphatic carbocycles. The maximum atomic E-state index is 12.5. The summed E-state index contributed by atoms with van der Waals surface area (Å²) >= 11 is 1.25. The van der Waals surface area contributed by atoms with Crippen molar-refractivity contribution in [2.75, 3.05) is 18.4 Å². The molecule has 2 heterocycles. The van der Waals surface area contributed by atoms with Gasteiger partial charge in [0.15, 0.2) is 5.13 Å². The average molecular weight is 473 g/mol. The molecule has 32 heavy (non-hydrogen) atoms. The number of urea groups is 1. The summed E-state index contributed by atoms with van der Waals surface area (Å²) < 4.78 is 46.8. The van der Waals surface area contributed by atoms with Crippen molar-refractivity contribution < 1.29 is 37.3 Å². The first kappa shape index (κ1) is 23.6. The van der Waals surface area contributed by atoms with Gasteiger partial charge in [0.2, 0.25) is 0 Å². The van der Waals surface area contributed by atoms with E-state index < -0.39 is 12.3 Å². The number of nitrogens with zero attached hydrogens (tertiary/aromatic N) is 2. The van der Waals surface area contributed by atoms with Crippen molar-refractivity contribution >= 4 is 28.5 Å². The van der Waals surface area contributed by atoms with E-state index in [1.165, 1.54) is 29.5 Å². The van der Waals surface area contributed by atoms with Crippen LogP contribution in [0.25, 0.3) is 0 Å². The van der Waals surface area contributed by atoms with Crippen LogP contribution in [0, 0.1) is 6.92 Å². The first-order chi connectivity index (χ1) is 15.1.